The molecule has 8 nitrogen and oxygen atoms in total. The minimum atomic E-state index is -0.608. The highest BCUT2D eigenvalue weighted by Crippen LogP contribution is 2.51. The lowest BCUT2D eigenvalue weighted by Crippen LogP contribution is -2.34. The summed E-state index contributed by atoms with van der Waals surface area (Å²) in [4.78, 5) is 36.8. The number of anilines is 2. The number of fused-ring (bicyclic) bond motifs is 6. The van der Waals surface area contributed by atoms with Gasteiger partial charge in [0.05, 0.1) is 51.8 Å². The number of rotatable bonds is 2. The molecule has 2 heterocycles. The largest absolute Gasteiger partial charge is 0.443 e. The molecule has 6 rings (SSSR count). The molecule has 2 amide bonds. The van der Waals surface area contributed by atoms with E-state index in [4.69, 9.17) is 67.5 Å². The summed E-state index contributed by atoms with van der Waals surface area (Å²) in [6.45, 7) is 10.9. The van der Waals surface area contributed by atoms with Crippen LogP contribution in [0.25, 0.3) is 22.3 Å². The van der Waals surface area contributed by atoms with Gasteiger partial charge < -0.3 is 9.47 Å². The quantitative estimate of drug-likeness (QED) is 0.172. The fraction of sp³-hybridized carbons (Fsp3) is 0.368. The molecule has 2 aromatic carbocycles. The molecule has 0 atom stereocenters. The standard InChI is InChI=1S/C18H16BrCl3N2O2.C18H17BrCl2N2O2.2CH4/c1-18(2,3)26-17(25)24(4)12-6-10(20)16(22)13-8(12)5-11-14(13)15(21)9(19)7-23-11;1-18(2,3)25-17(24)23(4)14-6-9(20)5-11-10(14)7-13-15(11)16(21)12(19)8-22-13;;/h6-7H,5H2,1-4H3;5-6,8H,7H2,1-4H3;2*1H4. The van der Waals surface area contributed by atoms with E-state index in [2.05, 4.69) is 41.8 Å². The Morgan fingerprint density at radius 1 is 0.660 bits per heavy atom. The van der Waals surface area contributed by atoms with Crippen LogP contribution in [0, 0.1) is 0 Å². The van der Waals surface area contributed by atoms with Gasteiger partial charge in [-0.25, -0.2) is 9.59 Å². The summed E-state index contributed by atoms with van der Waals surface area (Å²) in [5.74, 6) is 0. The van der Waals surface area contributed by atoms with Gasteiger partial charge in [-0.1, -0.05) is 72.9 Å². The number of halogens is 7. The molecule has 15 heteroatoms. The number of aromatic nitrogens is 2. The molecule has 0 bridgehead atoms. The maximum absolute atomic E-state index is 12.5. The third-order valence-electron chi connectivity index (χ3n) is 7.86. The van der Waals surface area contributed by atoms with E-state index < -0.39 is 23.4 Å². The van der Waals surface area contributed by atoms with Gasteiger partial charge >= 0.3 is 12.2 Å². The molecule has 0 radical (unpaired) electrons. The summed E-state index contributed by atoms with van der Waals surface area (Å²) in [6.07, 6.45) is 3.50. The topological polar surface area (TPSA) is 84.9 Å². The minimum absolute atomic E-state index is 0. The maximum atomic E-state index is 12.5. The highest BCUT2D eigenvalue weighted by atomic mass is 79.9. The van der Waals surface area contributed by atoms with Gasteiger partial charge in [-0.3, -0.25) is 19.8 Å². The van der Waals surface area contributed by atoms with Crippen LogP contribution in [-0.4, -0.2) is 47.5 Å². The first-order valence-electron chi connectivity index (χ1n) is 15.5. The minimum Gasteiger partial charge on any atom is -0.443 e. The number of benzene rings is 2. The molecule has 286 valence electrons. The Hall–Kier alpha value is -2.31. The molecule has 0 spiro atoms. The van der Waals surface area contributed by atoms with Gasteiger partial charge in [-0.05, 0) is 108 Å². The van der Waals surface area contributed by atoms with E-state index in [-0.39, 0.29) is 14.9 Å². The Labute approximate surface area is 353 Å². The van der Waals surface area contributed by atoms with Crippen LogP contribution in [0.15, 0.2) is 39.5 Å². The molecule has 0 saturated carbocycles. The number of hydrogen-bond donors (Lipinski definition) is 0. The fourth-order valence-corrected chi connectivity index (χ4v) is 7.50. The predicted molar refractivity (Wildman–Crippen MR) is 228 cm³/mol. The van der Waals surface area contributed by atoms with Crippen LogP contribution in [0.3, 0.4) is 0 Å². The lowest BCUT2D eigenvalue weighted by Gasteiger charge is -2.26. The second kappa shape index (κ2) is 16.8. The zero-order chi connectivity index (χ0) is 37.9. The number of carbonyl (C=O) groups is 2. The molecule has 0 N–H and O–H groups in total. The van der Waals surface area contributed by atoms with Gasteiger partial charge in [0.25, 0.3) is 0 Å². The van der Waals surface area contributed by atoms with Crippen molar-refractivity contribution in [2.75, 3.05) is 23.9 Å². The molecule has 0 aliphatic heterocycles. The van der Waals surface area contributed by atoms with E-state index in [1.807, 2.05) is 47.6 Å². The van der Waals surface area contributed by atoms with E-state index >= 15 is 0 Å². The van der Waals surface area contributed by atoms with E-state index in [1.54, 1.807) is 38.6 Å². The Morgan fingerprint density at radius 2 is 1.09 bits per heavy atom. The van der Waals surface area contributed by atoms with Crippen molar-refractivity contribution < 1.29 is 19.1 Å². The van der Waals surface area contributed by atoms with Crippen LogP contribution in [0.2, 0.25) is 25.1 Å². The molecule has 4 aromatic rings. The van der Waals surface area contributed by atoms with Gasteiger partial charge in [-0.2, -0.15) is 0 Å². The van der Waals surface area contributed by atoms with Gasteiger partial charge in [0.2, 0.25) is 0 Å². The number of hydrogen-bond acceptors (Lipinski definition) is 6. The summed E-state index contributed by atoms with van der Waals surface area (Å²) in [7, 11) is 3.32. The van der Waals surface area contributed by atoms with Crippen molar-refractivity contribution in [2.24, 2.45) is 0 Å². The van der Waals surface area contributed by atoms with Crippen LogP contribution in [0.5, 0.6) is 0 Å². The van der Waals surface area contributed by atoms with E-state index in [9.17, 15) is 9.59 Å². The van der Waals surface area contributed by atoms with Gasteiger partial charge in [0, 0.05) is 61.0 Å². The van der Waals surface area contributed by atoms with Gasteiger partial charge in [0.1, 0.15) is 11.2 Å². The molecule has 53 heavy (non-hydrogen) atoms. The first kappa shape index (κ1) is 45.1. The summed E-state index contributed by atoms with van der Waals surface area (Å²) in [5.41, 5.74) is 6.78. The Balaban J connectivity index is 0.000000275. The van der Waals surface area contributed by atoms with Crippen LogP contribution >= 0.6 is 89.9 Å². The van der Waals surface area contributed by atoms with Crippen LogP contribution in [-0.2, 0) is 22.3 Å². The Kier molecular flexibility index (Phi) is 14.3. The number of nitrogens with zero attached hydrogens (tertiary/aromatic N) is 4. The third-order valence-corrected chi connectivity index (χ3v) is 11.3. The van der Waals surface area contributed by atoms with Crippen molar-refractivity contribution in [3.05, 3.63) is 87.2 Å². The number of carbonyl (C=O) groups excluding carboxylic acids is 2. The van der Waals surface area contributed by atoms with Crippen molar-refractivity contribution in [1.82, 2.24) is 9.97 Å². The summed E-state index contributed by atoms with van der Waals surface area (Å²) in [6, 6.07) is 5.29. The summed E-state index contributed by atoms with van der Waals surface area (Å²) in [5, 5.41) is 2.36. The lowest BCUT2D eigenvalue weighted by molar-refractivity contribution is 0.0578. The SMILES string of the molecule is C.C.CN(C(=O)OC(C)(C)C)c1cc(Cl)c(Cl)c2c1Cc1ncc(Br)c(Cl)c1-2.CN(C(=O)OC(C)(C)C)c1cc(Cl)cc2c1Cc1ncc(Br)c(Cl)c1-2. The zero-order valence-electron chi connectivity index (χ0n) is 28.9. The third kappa shape index (κ3) is 9.39. The first-order valence-corrected chi connectivity index (χ1v) is 19.0. The normalized spacial score (nSPS) is 12.1. The molecule has 0 unspecified atom stereocenters. The molecular weight excluding hydrogens is 914 g/mol. The predicted octanol–water partition coefficient (Wildman–Crippen LogP) is 14.1. The van der Waals surface area contributed by atoms with E-state index in [0.29, 0.717) is 59.4 Å². The Morgan fingerprint density at radius 3 is 1.58 bits per heavy atom. The molecule has 0 saturated heterocycles. The van der Waals surface area contributed by atoms with Crippen molar-refractivity contribution in [3.8, 4) is 22.3 Å². The van der Waals surface area contributed by atoms with Crippen molar-refractivity contribution in [2.45, 2.75) is 80.4 Å². The average Bonchev–Trinajstić information content (AvgIpc) is 3.60. The van der Waals surface area contributed by atoms with Crippen LogP contribution < -0.4 is 9.80 Å². The fourth-order valence-electron chi connectivity index (χ4n) is 5.71. The van der Waals surface area contributed by atoms with Crippen molar-refractivity contribution in [1.29, 1.82) is 0 Å². The molecule has 2 aromatic heterocycles. The van der Waals surface area contributed by atoms with Crippen molar-refractivity contribution in [3.63, 3.8) is 0 Å². The highest BCUT2D eigenvalue weighted by Gasteiger charge is 2.33. The molecule has 2 aliphatic rings. The van der Waals surface area contributed by atoms with E-state index in [0.717, 1.165) is 43.7 Å². The summed E-state index contributed by atoms with van der Waals surface area (Å²) >= 11 is 38.9. The highest BCUT2D eigenvalue weighted by molar-refractivity contribution is 9.10. The smallest absolute Gasteiger partial charge is 0.414 e. The maximum Gasteiger partial charge on any atom is 0.414 e. The molecule has 0 fully saturated rings. The van der Waals surface area contributed by atoms with Gasteiger partial charge in [-0.15, -0.1) is 0 Å². The lowest BCUT2D eigenvalue weighted by atomic mass is 10.0. The monoisotopic (exact) mass is 950 g/mol. The number of pyridine rings is 2. The van der Waals surface area contributed by atoms with Crippen LogP contribution in [0.1, 0.15) is 78.9 Å². The van der Waals surface area contributed by atoms with Gasteiger partial charge in [0.15, 0.2) is 0 Å². The second-order valence-corrected chi connectivity index (χ2v) is 17.6. The first-order chi connectivity index (χ1) is 23.6. The average molecular weight is 955 g/mol. The summed E-state index contributed by atoms with van der Waals surface area (Å²) < 4.78 is 12.3. The number of ether oxygens (including phenoxy) is 2. The Bertz CT molecular complexity index is 2100. The van der Waals surface area contributed by atoms with E-state index in [1.165, 1.54) is 9.80 Å². The second-order valence-electron chi connectivity index (χ2n) is 13.9. The molecular formula is C38H41Br2Cl5N4O4. The zero-order valence-corrected chi connectivity index (χ0v) is 35.8. The molecule has 2 aliphatic carbocycles. The van der Waals surface area contributed by atoms with Crippen LogP contribution in [0.4, 0.5) is 21.0 Å². The van der Waals surface area contributed by atoms with Crippen molar-refractivity contribution >= 4 is 113 Å². The number of amides is 2.